The molecule has 0 spiro atoms. The number of benzene rings is 4. The van der Waals surface area contributed by atoms with Crippen molar-refractivity contribution in [3.05, 3.63) is 189 Å². The first-order chi connectivity index (χ1) is 29.0. The smallest absolute Gasteiger partial charge is 0.251 e. The second-order valence-corrected chi connectivity index (χ2v) is 15.9. The molecule has 2 N–H and O–H groups in total. The summed E-state index contributed by atoms with van der Waals surface area (Å²) < 4.78 is 0. The molecule has 2 aliphatic heterocycles. The van der Waals surface area contributed by atoms with Crippen LogP contribution in [0.3, 0.4) is 0 Å². The number of carbonyl (C=O) groups is 4. The Morgan fingerprint density at radius 3 is 2.22 bits per heavy atom. The topological polar surface area (TPSA) is 98.8 Å². The van der Waals surface area contributed by atoms with Crippen LogP contribution in [0.4, 0.5) is 0 Å². The number of ketones is 1. The average molecular weight is 801 g/mol. The lowest BCUT2D eigenvalue weighted by atomic mass is 9.99. The van der Waals surface area contributed by atoms with E-state index in [1.54, 1.807) is 6.08 Å². The molecule has 2 aliphatic carbocycles. The molecule has 0 atom stereocenters. The lowest BCUT2D eigenvalue weighted by molar-refractivity contribution is -0.125. The fourth-order valence-electron chi connectivity index (χ4n) is 8.04. The molecule has 308 valence electrons. The summed E-state index contributed by atoms with van der Waals surface area (Å²) in [5.41, 5.74) is 16.8. The van der Waals surface area contributed by atoms with Gasteiger partial charge >= 0.3 is 0 Å². The van der Waals surface area contributed by atoms with E-state index in [1.165, 1.54) is 91.9 Å². The standard InChI is InChI=1S/C22H24N2O2.C16H17NO.C14H15NO/c1-17(25)5-4-13-23-22(26)20-10-8-18(9-11-20)15-24-14-12-19-6-2-3-7-21(19)16-24;1-3-16(18)17-7-6-13-9-12-5-4-11(2)8-14(12)15(13)10-17;1-3-14(16)15-9-11-7-12-5-4-10(2)6-13(12)8-11/h2-11H,12-16H2,1H3,(H,23,26);3-5,8H,1,6-7,9-10H2,2H3;3-6,8H,1,7,9H2,2H3,(H,15,16)/b5-4+;;. The number of allylic oxidation sites excluding steroid dienone is 1. The number of hydrogen-bond acceptors (Lipinski definition) is 5. The van der Waals surface area contributed by atoms with Gasteiger partial charge in [0.2, 0.25) is 11.8 Å². The molecule has 0 saturated heterocycles. The Labute approximate surface area is 355 Å². The van der Waals surface area contributed by atoms with E-state index < -0.39 is 0 Å². The first-order valence-electron chi connectivity index (χ1n) is 20.7. The summed E-state index contributed by atoms with van der Waals surface area (Å²) >= 11 is 0. The normalized spacial score (nSPS) is 14.8. The molecule has 2 heterocycles. The van der Waals surface area contributed by atoms with Crippen molar-refractivity contribution in [2.75, 3.05) is 32.7 Å². The van der Waals surface area contributed by atoms with Gasteiger partial charge in [-0.05, 0) is 127 Å². The highest BCUT2D eigenvalue weighted by Crippen LogP contribution is 2.38. The summed E-state index contributed by atoms with van der Waals surface area (Å²) in [6.07, 6.45) is 12.1. The zero-order chi connectivity index (χ0) is 42.6. The van der Waals surface area contributed by atoms with Crippen LogP contribution in [0.2, 0.25) is 0 Å². The minimum atomic E-state index is -0.128. The van der Waals surface area contributed by atoms with Gasteiger partial charge in [0.1, 0.15) is 0 Å². The van der Waals surface area contributed by atoms with Gasteiger partial charge in [-0.15, -0.1) is 0 Å². The van der Waals surface area contributed by atoms with Gasteiger partial charge in [-0.3, -0.25) is 24.1 Å². The average Bonchev–Trinajstić information content (AvgIpc) is 3.84. The van der Waals surface area contributed by atoms with Crippen molar-refractivity contribution in [3.63, 3.8) is 0 Å². The van der Waals surface area contributed by atoms with Gasteiger partial charge in [0.25, 0.3) is 5.91 Å². The van der Waals surface area contributed by atoms with Gasteiger partial charge in [0.15, 0.2) is 5.78 Å². The highest BCUT2D eigenvalue weighted by molar-refractivity contribution is 5.94. The number of amides is 3. The maximum Gasteiger partial charge on any atom is 0.251 e. The number of carbonyl (C=O) groups excluding carboxylic acids is 4. The lowest BCUT2D eigenvalue weighted by Crippen LogP contribution is -2.34. The Morgan fingerprint density at radius 1 is 0.750 bits per heavy atom. The van der Waals surface area contributed by atoms with E-state index in [9.17, 15) is 19.2 Å². The minimum Gasteiger partial charge on any atom is -0.349 e. The van der Waals surface area contributed by atoms with Crippen molar-refractivity contribution < 1.29 is 19.2 Å². The first kappa shape index (κ1) is 43.2. The Kier molecular flexibility index (Phi) is 14.8. The molecule has 0 saturated carbocycles. The largest absolute Gasteiger partial charge is 0.349 e. The second kappa shape index (κ2) is 20.5. The molecule has 0 aromatic heterocycles. The molecule has 0 radical (unpaired) electrons. The fraction of sp³-hybridized carbons (Fsp3) is 0.269. The highest BCUT2D eigenvalue weighted by Gasteiger charge is 2.28. The molecule has 0 bridgehead atoms. The summed E-state index contributed by atoms with van der Waals surface area (Å²) in [5, 5.41) is 5.58. The van der Waals surface area contributed by atoms with Crippen LogP contribution < -0.4 is 10.6 Å². The molecule has 0 unspecified atom stereocenters. The Hall–Kier alpha value is -6.38. The molecule has 8 nitrogen and oxygen atoms in total. The molecule has 4 aliphatic rings. The van der Waals surface area contributed by atoms with Crippen molar-refractivity contribution in [2.24, 2.45) is 0 Å². The van der Waals surface area contributed by atoms with Crippen molar-refractivity contribution >= 4 is 35.2 Å². The molecule has 4 aromatic rings. The van der Waals surface area contributed by atoms with Gasteiger partial charge in [-0.25, -0.2) is 0 Å². The van der Waals surface area contributed by atoms with Crippen LogP contribution in [0.5, 0.6) is 0 Å². The second-order valence-electron chi connectivity index (χ2n) is 15.9. The van der Waals surface area contributed by atoms with Crippen LogP contribution in [0.1, 0.15) is 73.8 Å². The third kappa shape index (κ3) is 11.6. The summed E-state index contributed by atoms with van der Waals surface area (Å²) in [4.78, 5) is 50.0. The zero-order valence-electron chi connectivity index (χ0n) is 35.2. The minimum absolute atomic E-state index is 0.0241. The number of nitrogens with one attached hydrogen (secondary N) is 2. The van der Waals surface area contributed by atoms with E-state index >= 15 is 0 Å². The van der Waals surface area contributed by atoms with Crippen LogP contribution in [-0.2, 0) is 46.7 Å². The van der Waals surface area contributed by atoms with E-state index in [1.807, 2.05) is 29.2 Å². The fourth-order valence-corrected chi connectivity index (χ4v) is 8.04. The van der Waals surface area contributed by atoms with Crippen LogP contribution in [0, 0.1) is 13.8 Å². The SMILES string of the molecule is C=CC(=O)N1CCC2=C(C1)c1cc(C)ccc1C2.C=CC(=O)NCC1=Cc2cc(C)ccc2C1.CC(=O)/C=C/CNC(=O)c1ccc(CN2CCc3ccccc3C2)cc1. The van der Waals surface area contributed by atoms with Crippen LogP contribution in [0.25, 0.3) is 11.6 Å². The molecule has 3 amide bonds. The van der Waals surface area contributed by atoms with Crippen molar-refractivity contribution in [1.82, 2.24) is 20.4 Å². The maximum atomic E-state index is 12.1. The van der Waals surface area contributed by atoms with E-state index in [2.05, 4.69) is 109 Å². The molecule has 8 heteroatoms. The molecular formula is C52H56N4O4. The third-order valence-electron chi connectivity index (χ3n) is 11.3. The highest BCUT2D eigenvalue weighted by atomic mass is 16.2. The van der Waals surface area contributed by atoms with Gasteiger partial charge in [0.05, 0.1) is 0 Å². The van der Waals surface area contributed by atoms with E-state index in [-0.39, 0.29) is 23.5 Å². The van der Waals surface area contributed by atoms with Gasteiger partial charge in [-0.2, -0.15) is 0 Å². The van der Waals surface area contributed by atoms with E-state index in [4.69, 9.17) is 0 Å². The quantitative estimate of drug-likeness (QED) is 0.158. The third-order valence-corrected chi connectivity index (χ3v) is 11.3. The number of fused-ring (bicyclic) bond motifs is 4. The Bertz CT molecular complexity index is 2370. The van der Waals surface area contributed by atoms with Crippen LogP contribution in [0.15, 0.2) is 134 Å². The van der Waals surface area contributed by atoms with Gasteiger partial charge in [-0.1, -0.05) is 115 Å². The Morgan fingerprint density at radius 2 is 1.48 bits per heavy atom. The van der Waals surface area contributed by atoms with Gasteiger partial charge in [0, 0.05) is 51.4 Å². The van der Waals surface area contributed by atoms with E-state index in [0.29, 0.717) is 18.7 Å². The molecule has 60 heavy (non-hydrogen) atoms. The lowest BCUT2D eigenvalue weighted by Gasteiger charge is -2.28. The van der Waals surface area contributed by atoms with Crippen LogP contribution in [-0.4, -0.2) is 66.0 Å². The summed E-state index contributed by atoms with van der Waals surface area (Å²) in [6, 6.07) is 29.5. The van der Waals surface area contributed by atoms with Gasteiger partial charge < -0.3 is 15.5 Å². The first-order valence-corrected chi connectivity index (χ1v) is 20.7. The monoisotopic (exact) mass is 800 g/mol. The molecule has 4 aromatic carbocycles. The maximum absolute atomic E-state index is 12.1. The predicted molar refractivity (Wildman–Crippen MR) is 242 cm³/mol. The molecule has 0 fully saturated rings. The van der Waals surface area contributed by atoms with Crippen LogP contribution >= 0.6 is 0 Å². The van der Waals surface area contributed by atoms with E-state index in [0.717, 1.165) is 58.4 Å². The number of hydrogen-bond donors (Lipinski definition) is 2. The Balaban J connectivity index is 0.000000157. The summed E-state index contributed by atoms with van der Waals surface area (Å²) in [6.45, 7) is 18.1. The summed E-state index contributed by atoms with van der Waals surface area (Å²) in [7, 11) is 0. The van der Waals surface area contributed by atoms with Crippen molar-refractivity contribution in [2.45, 2.75) is 59.5 Å². The predicted octanol–water partition coefficient (Wildman–Crippen LogP) is 8.08. The molecular weight excluding hydrogens is 745 g/mol. The van der Waals surface area contributed by atoms with Crippen molar-refractivity contribution in [1.29, 1.82) is 0 Å². The number of nitrogens with zero attached hydrogens (tertiary/aromatic N) is 2. The number of rotatable bonds is 10. The zero-order valence-corrected chi connectivity index (χ0v) is 35.2. The number of aryl methyl sites for hydroxylation is 2. The summed E-state index contributed by atoms with van der Waals surface area (Å²) in [5.74, 6) is -0.226. The van der Waals surface area contributed by atoms with Crippen molar-refractivity contribution in [3.8, 4) is 0 Å². The molecule has 8 rings (SSSR count).